The first kappa shape index (κ1) is 20.4. The number of anilines is 1. The number of ether oxygens (including phenoxy) is 1. The Kier molecular flexibility index (Phi) is 8.70. The zero-order valence-corrected chi connectivity index (χ0v) is 14.7. The van der Waals surface area contributed by atoms with Gasteiger partial charge in [0, 0.05) is 19.7 Å². The molecule has 24 heavy (non-hydrogen) atoms. The first-order valence-electron chi connectivity index (χ1n) is 7.05. The van der Waals surface area contributed by atoms with Crippen molar-refractivity contribution in [1.82, 2.24) is 15.1 Å². The van der Waals surface area contributed by atoms with Crippen LogP contribution in [0.15, 0.2) is 30.5 Å². The Bertz CT molecular complexity index is 667. The minimum absolute atomic E-state index is 0. The first-order valence-corrected chi connectivity index (χ1v) is 7.43. The van der Waals surface area contributed by atoms with Gasteiger partial charge < -0.3 is 15.4 Å². The van der Waals surface area contributed by atoms with Crippen LogP contribution in [-0.4, -0.2) is 42.5 Å². The minimum atomic E-state index is -0.482. The molecule has 0 spiro atoms. The van der Waals surface area contributed by atoms with Gasteiger partial charge in [0.05, 0.1) is 30.9 Å². The van der Waals surface area contributed by atoms with Crippen molar-refractivity contribution in [3.05, 3.63) is 46.9 Å². The highest BCUT2D eigenvalue weighted by molar-refractivity contribution is 6.30. The van der Waals surface area contributed by atoms with Crippen molar-refractivity contribution in [2.75, 3.05) is 32.1 Å². The fraction of sp³-hybridized carbons (Fsp3) is 0.333. The van der Waals surface area contributed by atoms with Gasteiger partial charge >= 0.3 is 0 Å². The van der Waals surface area contributed by atoms with Crippen LogP contribution in [0.3, 0.4) is 0 Å². The van der Waals surface area contributed by atoms with Crippen molar-refractivity contribution >= 4 is 35.7 Å². The molecule has 0 unspecified atom stereocenters. The molecule has 0 aliphatic heterocycles. The van der Waals surface area contributed by atoms with Gasteiger partial charge in [0.25, 0.3) is 0 Å². The van der Waals surface area contributed by atoms with Gasteiger partial charge in [0.1, 0.15) is 11.6 Å². The number of carbonyl (C=O) groups excluding carboxylic acids is 1. The molecular formula is C15H19Cl2FN4O2. The number of hydrogen-bond donors (Lipinski definition) is 2. The molecule has 6 nitrogen and oxygen atoms in total. The standard InChI is InChI=1S/C15H18ClFN4O2.ClH/c1-23-7-6-18-9-15(22)20-14-4-5-19-21(14)10-11-2-3-12(16)13(17)8-11;/h2-5,8,18H,6-7,9-10H2,1H3,(H,20,22);1H. The van der Waals surface area contributed by atoms with E-state index in [4.69, 9.17) is 16.3 Å². The van der Waals surface area contributed by atoms with Gasteiger partial charge in [0.2, 0.25) is 5.91 Å². The molecule has 9 heteroatoms. The van der Waals surface area contributed by atoms with E-state index in [0.29, 0.717) is 31.1 Å². The van der Waals surface area contributed by atoms with E-state index < -0.39 is 5.82 Å². The zero-order chi connectivity index (χ0) is 16.7. The lowest BCUT2D eigenvalue weighted by molar-refractivity contribution is -0.115. The van der Waals surface area contributed by atoms with Crippen LogP contribution in [0, 0.1) is 5.82 Å². The first-order chi connectivity index (χ1) is 11.1. The molecule has 1 amide bonds. The van der Waals surface area contributed by atoms with E-state index in [1.165, 1.54) is 12.1 Å². The van der Waals surface area contributed by atoms with E-state index in [0.717, 1.165) is 0 Å². The predicted octanol–water partition coefficient (Wildman–Crippen LogP) is 2.32. The molecule has 0 aliphatic rings. The molecule has 0 aliphatic carbocycles. The second-order valence-corrected chi connectivity index (χ2v) is 5.25. The summed E-state index contributed by atoms with van der Waals surface area (Å²) in [7, 11) is 1.60. The lowest BCUT2D eigenvalue weighted by Gasteiger charge is -2.10. The zero-order valence-electron chi connectivity index (χ0n) is 13.1. The molecule has 2 aromatic rings. The van der Waals surface area contributed by atoms with E-state index in [2.05, 4.69) is 15.7 Å². The SMILES string of the molecule is COCCNCC(=O)Nc1ccnn1Cc1ccc(Cl)c(F)c1.Cl. The molecule has 0 saturated carbocycles. The Hall–Kier alpha value is -1.67. The average molecular weight is 377 g/mol. The summed E-state index contributed by atoms with van der Waals surface area (Å²) in [4.78, 5) is 11.8. The van der Waals surface area contributed by atoms with Crippen LogP contribution in [0.1, 0.15) is 5.56 Å². The van der Waals surface area contributed by atoms with Gasteiger partial charge in [-0.2, -0.15) is 5.10 Å². The van der Waals surface area contributed by atoms with Crippen LogP contribution < -0.4 is 10.6 Å². The van der Waals surface area contributed by atoms with Gasteiger partial charge in [0.15, 0.2) is 0 Å². The maximum atomic E-state index is 13.5. The van der Waals surface area contributed by atoms with E-state index in [-0.39, 0.29) is 29.9 Å². The van der Waals surface area contributed by atoms with Gasteiger partial charge in [-0.3, -0.25) is 4.79 Å². The van der Waals surface area contributed by atoms with E-state index in [1.54, 1.807) is 30.1 Å². The number of benzene rings is 1. The molecule has 0 radical (unpaired) electrons. The maximum Gasteiger partial charge on any atom is 0.239 e. The van der Waals surface area contributed by atoms with E-state index in [9.17, 15) is 9.18 Å². The summed E-state index contributed by atoms with van der Waals surface area (Å²) in [5.41, 5.74) is 0.698. The molecule has 0 saturated heterocycles. The molecule has 2 rings (SSSR count). The number of halogens is 3. The fourth-order valence-electron chi connectivity index (χ4n) is 1.94. The van der Waals surface area contributed by atoms with Crippen LogP contribution >= 0.6 is 24.0 Å². The number of nitrogens with zero attached hydrogens (tertiary/aromatic N) is 2. The molecule has 0 atom stereocenters. The lowest BCUT2D eigenvalue weighted by atomic mass is 10.2. The lowest BCUT2D eigenvalue weighted by Crippen LogP contribution is -2.31. The largest absolute Gasteiger partial charge is 0.383 e. The molecule has 0 fully saturated rings. The summed E-state index contributed by atoms with van der Waals surface area (Å²) in [5, 5.41) is 9.91. The summed E-state index contributed by atoms with van der Waals surface area (Å²) in [5.74, 6) is -0.131. The third kappa shape index (κ3) is 6.09. The van der Waals surface area contributed by atoms with Crippen molar-refractivity contribution in [3.8, 4) is 0 Å². The smallest absolute Gasteiger partial charge is 0.239 e. The van der Waals surface area contributed by atoms with Gasteiger partial charge in [-0.25, -0.2) is 9.07 Å². The number of methoxy groups -OCH3 is 1. The molecule has 1 heterocycles. The molecule has 1 aromatic carbocycles. The summed E-state index contributed by atoms with van der Waals surface area (Å²) in [6.45, 7) is 1.62. The van der Waals surface area contributed by atoms with Crippen molar-refractivity contribution in [3.63, 3.8) is 0 Å². The molecule has 132 valence electrons. The maximum absolute atomic E-state index is 13.5. The molecule has 2 N–H and O–H groups in total. The second-order valence-electron chi connectivity index (χ2n) is 4.84. The summed E-state index contributed by atoms with van der Waals surface area (Å²) < 4.78 is 19.9. The van der Waals surface area contributed by atoms with Crippen molar-refractivity contribution in [2.24, 2.45) is 0 Å². The van der Waals surface area contributed by atoms with Crippen molar-refractivity contribution in [2.45, 2.75) is 6.54 Å². The number of rotatable bonds is 8. The Morgan fingerprint density at radius 1 is 1.42 bits per heavy atom. The van der Waals surface area contributed by atoms with Crippen molar-refractivity contribution in [1.29, 1.82) is 0 Å². The Morgan fingerprint density at radius 2 is 2.21 bits per heavy atom. The number of aromatic nitrogens is 2. The van der Waals surface area contributed by atoms with E-state index in [1.807, 2.05) is 0 Å². The van der Waals surface area contributed by atoms with Crippen LogP contribution in [0.25, 0.3) is 0 Å². The van der Waals surface area contributed by atoms with Crippen LogP contribution in [0.2, 0.25) is 5.02 Å². The summed E-state index contributed by atoms with van der Waals surface area (Å²) >= 11 is 5.66. The van der Waals surface area contributed by atoms with Gasteiger partial charge in [-0.15, -0.1) is 12.4 Å². The van der Waals surface area contributed by atoms with Gasteiger partial charge in [-0.1, -0.05) is 17.7 Å². The average Bonchev–Trinajstić information content (AvgIpc) is 2.94. The Morgan fingerprint density at radius 3 is 2.92 bits per heavy atom. The van der Waals surface area contributed by atoms with Gasteiger partial charge in [-0.05, 0) is 17.7 Å². The Balaban J connectivity index is 0.00000288. The quantitative estimate of drug-likeness (QED) is 0.693. The fourth-order valence-corrected chi connectivity index (χ4v) is 2.06. The summed E-state index contributed by atoms with van der Waals surface area (Å²) in [6, 6.07) is 6.24. The van der Waals surface area contributed by atoms with Crippen LogP contribution in [0.5, 0.6) is 0 Å². The molecule has 0 bridgehead atoms. The molecule has 1 aromatic heterocycles. The van der Waals surface area contributed by atoms with Crippen LogP contribution in [0.4, 0.5) is 10.2 Å². The van der Waals surface area contributed by atoms with E-state index >= 15 is 0 Å². The Labute approximate surface area is 150 Å². The highest BCUT2D eigenvalue weighted by Crippen LogP contribution is 2.17. The summed E-state index contributed by atoms with van der Waals surface area (Å²) in [6.07, 6.45) is 1.57. The topological polar surface area (TPSA) is 68.2 Å². The van der Waals surface area contributed by atoms with Crippen LogP contribution in [-0.2, 0) is 16.1 Å². The number of nitrogens with one attached hydrogen (secondary N) is 2. The predicted molar refractivity (Wildman–Crippen MR) is 93.4 cm³/mol. The number of amides is 1. The number of hydrogen-bond acceptors (Lipinski definition) is 4. The second kappa shape index (κ2) is 10.2. The highest BCUT2D eigenvalue weighted by Gasteiger charge is 2.09. The normalized spacial score (nSPS) is 10.3. The highest BCUT2D eigenvalue weighted by atomic mass is 35.5. The number of carbonyl (C=O) groups is 1. The third-order valence-electron chi connectivity index (χ3n) is 3.07. The third-order valence-corrected chi connectivity index (χ3v) is 3.38. The van der Waals surface area contributed by atoms with Crippen molar-refractivity contribution < 1.29 is 13.9 Å². The minimum Gasteiger partial charge on any atom is -0.383 e. The molecular weight excluding hydrogens is 358 g/mol. The monoisotopic (exact) mass is 376 g/mol.